The van der Waals surface area contributed by atoms with Crippen LogP contribution in [0.2, 0.25) is 0 Å². The molecule has 18 heavy (non-hydrogen) atoms. The maximum Gasteiger partial charge on any atom is 0.0675 e. The average molecular weight is 247 g/mol. The fourth-order valence-corrected chi connectivity index (χ4v) is 3.13. The Labute approximate surface area is 110 Å². The molecular formula is C15H25N3. The van der Waals surface area contributed by atoms with Gasteiger partial charge >= 0.3 is 0 Å². The topological polar surface area (TPSA) is 42.1 Å². The van der Waals surface area contributed by atoms with Gasteiger partial charge in [-0.25, -0.2) is 0 Å². The molecule has 3 heteroatoms. The summed E-state index contributed by atoms with van der Waals surface area (Å²) < 4.78 is 0. The molecule has 0 spiro atoms. The maximum absolute atomic E-state index is 6.36. The molecule has 1 aliphatic heterocycles. The highest BCUT2D eigenvalue weighted by molar-refractivity contribution is 5.12. The summed E-state index contributed by atoms with van der Waals surface area (Å²) in [6.07, 6.45) is 4.12. The van der Waals surface area contributed by atoms with Crippen LogP contribution in [-0.4, -0.2) is 28.5 Å². The summed E-state index contributed by atoms with van der Waals surface area (Å²) in [6, 6.07) is 7.15. The van der Waals surface area contributed by atoms with Crippen LogP contribution in [0.4, 0.5) is 0 Å². The predicted molar refractivity (Wildman–Crippen MR) is 75.2 cm³/mol. The molecule has 100 valence electrons. The van der Waals surface area contributed by atoms with Crippen LogP contribution in [0.5, 0.6) is 0 Å². The summed E-state index contributed by atoms with van der Waals surface area (Å²) in [4.78, 5) is 7.07. The Morgan fingerprint density at radius 2 is 2.22 bits per heavy atom. The van der Waals surface area contributed by atoms with E-state index in [9.17, 15) is 0 Å². The monoisotopic (exact) mass is 247 g/mol. The van der Waals surface area contributed by atoms with Gasteiger partial charge in [-0.2, -0.15) is 0 Å². The Kier molecular flexibility index (Phi) is 4.36. The molecule has 0 saturated carbocycles. The van der Waals surface area contributed by atoms with E-state index < -0.39 is 0 Å². The van der Waals surface area contributed by atoms with Crippen LogP contribution in [0.1, 0.15) is 45.3 Å². The van der Waals surface area contributed by atoms with Gasteiger partial charge in [-0.3, -0.25) is 9.88 Å². The lowest BCUT2D eigenvalue weighted by atomic mass is 10.00. The fraction of sp³-hybridized carbons (Fsp3) is 0.667. The Morgan fingerprint density at radius 1 is 1.44 bits per heavy atom. The van der Waals surface area contributed by atoms with Gasteiger partial charge in [0.15, 0.2) is 0 Å². The van der Waals surface area contributed by atoms with Crippen LogP contribution in [0.15, 0.2) is 24.4 Å². The molecule has 4 unspecified atom stereocenters. The number of hydrogen-bond acceptors (Lipinski definition) is 3. The predicted octanol–water partition coefficient (Wildman–Crippen LogP) is 2.59. The van der Waals surface area contributed by atoms with Crippen molar-refractivity contribution in [2.24, 2.45) is 11.7 Å². The van der Waals surface area contributed by atoms with Crippen LogP contribution in [0, 0.1) is 5.92 Å². The van der Waals surface area contributed by atoms with Gasteiger partial charge in [0.05, 0.1) is 11.7 Å². The minimum absolute atomic E-state index is 0.160. The quantitative estimate of drug-likeness (QED) is 0.889. The van der Waals surface area contributed by atoms with Crippen molar-refractivity contribution in [3.05, 3.63) is 30.1 Å². The minimum Gasteiger partial charge on any atom is -0.326 e. The van der Waals surface area contributed by atoms with Gasteiger partial charge in [0.25, 0.3) is 0 Å². The van der Waals surface area contributed by atoms with E-state index in [0.717, 1.165) is 24.6 Å². The van der Waals surface area contributed by atoms with Crippen molar-refractivity contribution in [1.29, 1.82) is 0 Å². The molecule has 0 aliphatic carbocycles. The van der Waals surface area contributed by atoms with Crippen LogP contribution < -0.4 is 5.73 Å². The lowest BCUT2D eigenvalue weighted by Crippen LogP contribution is -2.43. The Bertz CT molecular complexity index is 365. The number of likely N-dealkylation sites (tertiary alicyclic amines) is 1. The molecule has 0 amide bonds. The highest BCUT2D eigenvalue weighted by Gasteiger charge is 2.35. The largest absolute Gasteiger partial charge is 0.326 e. The molecule has 1 aromatic rings. The van der Waals surface area contributed by atoms with Crippen molar-refractivity contribution < 1.29 is 0 Å². The van der Waals surface area contributed by atoms with Gasteiger partial charge in [0, 0.05) is 24.8 Å². The van der Waals surface area contributed by atoms with Gasteiger partial charge in [-0.1, -0.05) is 19.9 Å². The first kappa shape index (κ1) is 13.5. The van der Waals surface area contributed by atoms with Crippen molar-refractivity contribution in [2.45, 2.75) is 51.7 Å². The summed E-state index contributed by atoms with van der Waals surface area (Å²) in [5.41, 5.74) is 7.47. The van der Waals surface area contributed by atoms with E-state index in [1.807, 2.05) is 12.3 Å². The van der Waals surface area contributed by atoms with Gasteiger partial charge in [0.2, 0.25) is 0 Å². The normalized spacial score (nSPS) is 28.2. The molecule has 2 N–H and O–H groups in total. The molecule has 0 bridgehead atoms. The number of hydrogen-bond donors (Lipinski definition) is 1. The third kappa shape index (κ3) is 2.73. The van der Waals surface area contributed by atoms with E-state index in [2.05, 4.69) is 42.8 Å². The number of aromatic nitrogens is 1. The lowest BCUT2D eigenvalue weighted by Gasteiger charge is -2.34. The molecule has 0 radical (unpaired) electrons. The van der Waals surface area contributed by atoms with E-state index in [4.69, 9.17) is 5.73 Å². The first-order chi connectivity index (χ1) is 8.63. The van der Waals surface area contributed by atoms with Crippen LogP contribution in [-0.2, 0) is 0 Å². The minimum atomic E-state index is 0.160. The summed E-state index contributed by atoms with van der Waals surface area (Å²) >= 11 is 0. The lowest BCUT2D eigenvalue weighted by molar-refractivity contribution is 0.156. The van der Waals surface area contributed by atoms with E-state index in [1.165, 1.54) is 6.42 Å². The smallest absolute Gasteiger partial charge is 0.0675 e. The molecule has 1 saturated heterocycles. The SMILES string of the molecule is CCC(N)C(c1ccccn1)N1CC(C)CC1C. The van der Waals surface area contributed by atoms with E-state index in [0.29, 0.717) is 6.04 Å². The molecular weight excluding hydrogens is 222 g/mol. The van der Waals surface area contributed by atoms with E-state index >= 15 is 0 Å². The highest BCUT2D eigenvalue weighted by atomic mass is 15.2. The number of pyridine rings is 1. The van der Waals surface area contributed by atoms with Crippen molar-refractivity contribution in [3.63, 3.8) is 0 Å². The molecule has 3 nitrogen and oxygen atoms in total. The standard InChI is InChI=1S/C15H25N3/c1-4-13(16)15(14-7-5-6-8-17-14)18-10-11(2)9-12(18)3/h5-8,11-13,15H,4,9-10,16H2,1-3H3. The Morgan fingerprint density at radius 3 is 2.72 bits per heavy atom. The van der Waals surface area contributed by atoms with E-state index in [1.54, 1.807) is 0 Å². The van der Waals surface area contributed by atoms with Gasteiger partial charge in [0.1, 0.15) is 0 Å². The van der Waals surface area contributed by atoms with E-state index in [-0.39, 0.29) is 12.1 Å². The van der Waals surface area contributed by atoms with Crippen LogP contribution >= 0.6 is 0 Å². The first-order valence-electron chi connectivity index (χ1n) is 7.05. The average Bonchev–Trinajstić information content (AvgIpc) is 2.70. The third-order valence-electron chi connectivity index (χ3n) is 4.06. The van der Waals surface area contributed by atoms with Crippen LogP contribution in [0.3, 0.4) is 0 Å². The highest BCUT2D eigenvalue weighted by Crippen LogP contribution is 2.33. The van der Waals surface area contributed by atoms with Crippen molar-refractivity contribution in [3.8, 4) is 0 Å². The van der Waals surface area contributed by atoms with Crippen molar-refractivity contribution in [2.75, 3.05) is 6.54 Å². The summed E-state index contributed by atoms with van der Waals surface area (Å²) in [5.74, 6) is 0.760. The Balaban J connectivity index is 2.26. The maximum atomic E-state index is 6.36. The van der Waals surface area contributed by atoms with Gasteiger partial charge in [-0.05, 0) is 37.8 Å². The molecule has 0 aromatic carbocycles. The number of nitrogens with zero attached hydrogens (tertiary/aromatic N) is 2. The second-order valence-corrected chi connectivity index (χ2v) is 5.66. The van der Waals surface area contributed by atoms with Crippen molar-refractivity contribution in [1.82, 2.24) is 9.88 Å². The second-order valence-electron chi connectivity index (χ2n) is 5.66. The first-order valence-corrected chi connectivity index (χ1v) is 7.05. The second kappa shape index (κ2) is 5.81. The number of rotatable bonds is 4. The number of nitrogens with two attached hydrogens (primary N) is 1. The summed E-state index contributed by atoms with van der Waals surface area (Å²) in [6.45, 7) is 7.92. The summed E-state index contributed by atoms with van der Waals surface area (Å²) in [7, 11) is 0. The molecule has 4 atom stereocenters. The third-order valence-corrected chi connectivity index (χ3v) is 4.06. The fourth-order valence-electron chi connectivity index (χ4n) is 3.13. The zero-order valence-electron chi connectivity index (χ0n) is 11.7. The summed E-state index contributed by atoms with van der Waals surface area (Å²) in [5, 5.41) is 0. The molecule has 1 fully saturated rings. The van der Waals surface area contributed by atoms with Gasteiger partial charge in [-0.15, -0.1) is 0 Å². The molecule has 1 aliphatic rings. The zero-order valence-corrected chi connectivity index (χ0v) is 11.7. The van der Waals surface area contributed by atoms with Gasteiger partial charge < -0.3 is 5.73 Å². The molecule has 2 rings (SSSR count). The van der Waals surface area contributed by atoms with Crippen LogP contribution in [0.25, 0.3) is 0 Å². The Hall–Kier alpha value is -0.930. The zero-order chi connectivity index (χ0) is 13.1. The van der Waals surface area contributed by atoms with Crippen molar-refractivity contribution >= 4 is 0 Å². The molecule has 2 heterocycles. The molecule has 1 aromatic heterocycles.